The molecule has 0 atom stereocenters. The van der Waals surface area contributed by atoms with Gasteiger partial charge in [0.05, 0.1) is 0 Å². The minimum atomic E-state index is 0.887. The molecule has 1 aliphatic carbocycles. The van der Waals surface area contributed by atoms with Crippen LogP contribution in [0.3, 0.4) is 0 Å². The number of hydrogen-bond acceptors (Lipinski definition) is 0. The van der Waals surface area contributed by atoms with E-state index in [4.69, 9.17) is 0 Å². The van der Waals surface area contributed by atoms with Gasteiger partial charge in [-0.05, 0) is 64.2 Å². The molecule has 0 N–H and O–H groups in total. The summed E-state index contributed by atoms with van der Waals surface area (Å²) in [4.78, 5) is 0. The van der Waals surface area contributed by atoms with E-state index in [-0.39, 0.29) is 0 Å². The van der Waals surface area contributed by atoms with Crippen LogP contribution in [-0.2, 0) is 0 Å². The van der Waals surface area contributed by atoms with E-state index in [1.807, 2.05) is 0 Å². The van der Waals surface area contributed by atoms with Gasteiger partial charge in [-0.1, -0.05) is 24.3 Å². The van der Waals surface area contributed by atoms with Crippen LogP contribution in [-0.4, -0.2) is 0 Å². The van der Waals surface area contributed by atoms with Gasteiger partial charge in [-0.15, -0.1) is 0 Å². The molecule has 80 valence electrons. The Hall–Kier alpha value is -0.520. The number of hydrogen-bond donors (Lipinski definition) is 0. The Balaban J connectivity index is 2.15. The summed E-state index contributed by atoms with van der Waals surface area (Å²) in [5.41, 5.74) is 0. The first kappa shape index (κ1) is 11.6. The van der Waals surface area contributed by atoms with Crippen LogP contribution in [0.5, 0.6) is 0 Å². The highest BCUT2D eigenvalue weighted by molar-refractivity contribution is 4.89. The van der Waals surface area contributed by atoms with Crippen LogP contribution in [0, 0.1) is 11.8 Å². The van der Waals surface area contributed by atoms with Gasteiger partial charge < -0.3 is 0 Å². The molecule has 0 heterocycles. The topological polar surface area (TPSA) is 0 Å². The predicted molar refractivity (Wildman–Crippen MR) is 64.3 cm³/mol. The average molecular weight is 192 g/mol. The Kier molecular flexibility index (Phi) is 5.66. The monoisotopic (exact) mass is 192 g/mol. The summed E-state index contributed by atoms with van der Waals surface area (Å²) in [6, 6.07) is 0. The molecular weight excluding hydrogens is 168 g/mol. The van der Waals surface area contributed by atoms with E-state index in [2.05, 4.69) is 38.2 Å². The van der Waals surface area contributed by atoms with Gasteiger partial charge in [-0.3, -0.25) is 0 Å². The highest BCUT2D eigenvalue weighted by atomic mass is 14.2. The first-order chi connectivity index (χ1) is 6.86. The molecule has 1 fully saturated rings. The molecule has 0 nitrogen and oxygen atoms in total. The lowest BCUT2D eigenvalue weighted by Crippen LogP contribution is -2.12. The summed E-state index contributed by atoms with van der Waals surface area (Å²) in [7, 11) is 0. The molecule has 14 heavy (non-hydrogen) atoms. The number of allylic oxidation sites excluding steroid dienone is 4. The van der Waals surface area contributed by atoms with Crippen molar-refractivity contribution in [1.29, 1.82) is 0 Å². The molecular formula is C14H24. The van der Waals surface area contributed by atoms with Gasteiger partial charge in [-0.25, -0.2) is 0 Å². The minimum Gasteiger partial charge on any atom is -0.0917 e. The van der Waals surface area contributed by atoms with Crippen molar-refractivity contribution in [3.05, 3.63) is 24.3 Å². The fraction of sp³-hybridized carbons (Fsp3) is 0.714. The normalized spacial score (nSPS) is 29.0. The molecule has 0 unspecified atom stereocenters. The highest BCUT2D eigenvalue weighted by Gasteiger charge is 2.18. The molecule has 0 aromatic rings. The largest absolute Gasteiger partial charge is 0.0917 e. The molecule has 0 aliphatic heterocycles. The molecule has 0 aromatic carbocycles. The first-order valence-electron chi connectivity index (χ1n) is 6.10. The standard InChI is InChI=1S/C14H24/c1-3-5-6-8-14-11-9-13(7-4-2)10-12-14/h3-5,7,13-14H,6,8-12H2,1-2H3. The summed E-state index contributed by atoms with van der Waals surface area (Å²) in [5, 5.41) is 0. The maximum Gasteiger partial charge on any atom is -0.0233 e. The maximum absolute atomic E-state index is 2.39. The molecule has 0 aromatic heterocycles. The van der Waals surface area contributed by atoms with Crippen molar-refractivity contribution in [2.24, 2.45) is 11.8 Å². The lowest BCUT2D eigenvalue weighted by Gasteiger charge is -2.26. The number of rotatable bonds is 4. The highest BCUT2D eigenvalue weighted by Crippen LogP contribution is 2.32. The minimum absolute atomic E-state index is 0.887. The van der Waals surface area contributed by atoms with E-state index < -0.39 is 0 Å². The molecule has 0 radical (unpaired) electrons. The van der Waals surface area contributed by atoms with Crippen LogP contribution in [0.25, 0.3) is 0 Å². The lowest BCUT2D eigenvalue weighted by atomic mass is 9.80. The van der Waals surface area contributed by atoms with Crippen molar-refractivity contribution in [2.75, 3.05) is 0 Å². The summed E-state index contributed by atoms with van der Waals surface area (Å²) in [6.45, 7) is 4.25. The van der Waals surface area contributed by atoms with Crippen LogP contribution in [0.4, 0.5) is 0 Å². The molecule has 0 spiro atoms. The predicted octanol–water partition coefficient (Wildman–Crippen LogP) is 4.73. The van der Waals surface area contributed by atoms with Gasteiger partial charge in [-0.2, -0.15) is 0 Å². The van der Waals surface area contributed by atoms with Crippen LogP contribution < -0.4 is 0 Å². The Morgan fingerprint density at radius 3 is 2.29 bits per heavy atom. The summed E-state index contributed by atoms with van der Waals surface area (Å²) < 4.78 is 0. The third-order valence-corrected chi connectivity index (χ3v) is 3.33. The van der Waals surface area contributed by atoms with Gasteiger partial charge in [0.1, 0.15) is 0 Å². The van der Waals surface area contributed by atoms with Crippen LogP contribution in [0.2, 0.25) is 0 Å². The summed E-state index contributed by atoms with van der Waals surface area (Å²) in [5.74, 6) is 1.89. The van der Waals surface area contributed by atoms with Crippen molar-refractivity contribution in [1.82, 2.24) is 0 Å². The van der Waals surface area contributed by atoms with Gasteiger partial charge in [0, 0.05) is 0 Å². The van der Waals surface area contributed by atoms with Gasteiger partial charge in [0.2, 0.25) is 0 Å². The van der Waals surface area contributed by atoms with E-state index in [1.165, 1.54) is 38.5 Å². The van der Waals surface area contributed by atoms with Crippen LogP contribution >= 0.6 is 0 Å². The van der Waals surface area contributed by atoms with Gasteiger partial charge >= 0.3 is 0 Å². The van der Waals surface area contributed by atoms with E-state index >= 15 is 0 Å². The molecule has 1 saturated carbocycles. The van der Waals surface area contributed by atoms with E-state index in [0.29, 0.717) is 0 Å². The molecule has 1 rings (SSSR count). The van der Waals surface area contributed by atoms with E-state index in [1.54, 1.807) is 0 Å². The second-order valence-electron chi connectivity index (χ2n) is 4.45. The van der Waals surface area contributed by atoms with Gasteiger partial charge in [0.25, 0.3) is 0 Å². The van der Waals surface area contributed by atoms with Crippen molar-refractivity contribution in [3.8, 4) is 0 Å². The average Bonchev–Trinajstić information content (AvgIpc) is 2.21. The molecule has 0 heteroatoms. The Labute approximate surface area is 89.1 Å². The Morgan fingerprint density at radius 2 is 1.71 bits per heavy atom. The third kappa shape index (κ3) is 4.13. The lowest BCUT2D eigenvalue weighted by molar-refractivity contribution is 0.297. The fourth-order valence-electron chi connectivity index (χ4n) is 2.44. The Morgan fingerprint density at radius 1 is 1.00 bits per heavy atom. The smallest absolute Gasteiger partial charge is 0.0233 e. The second kappa shape index (κ2) is 6.86. The van der Waals surface area contributed by atoms with E-state index in [9.17, 15) is 0 Å². The Bertz CT molecular complexity index is 180. The van der Waals surface area contributed by atoms with Crippen molar-refractivity contribution in [3.63, 3.8) is 0 Å². The fourth-order valence-corrected chi connectivity index (χ4v) is 2.44. The van der Waals surface area contributed by atoms with Crippen molar-refractivity contribution >= 4 is 0 Å². The summed E-state index contributed by atoms with van der Waals surface area (Å²) >= 11 is 0. The van der Waals surface area contributed by atoms with Gasteiger partial charge in [0.15, 0.2) is 0 Å². The van der Waals surface area contributed by atoms with Crippen LogP contribution in [0.15, 0.2) is 24.3 Å². The molecule has 0 amide bonds. The zero-order chi connectivity index (χ0) is 10.2. The first-order valence-corrected chi connectivity index (χ1v) is 6.10. The van der Waals surface area contributed by atoms with Crippen LogP contribution in [0.1, 0.15) is 52.4 Å². The molecule has 0 saturated heterocycles. The van der Waals surface area contributed by atoms with Crippen molar-refractivity contribution < 1.29 is 0 Å². The second-order valence-corrected chi connectivity index (χ2v) is 4.45. The quantitative estimate of drug-likeness (QED) is 0.565. The van der Waals surface area contributed by atoms with Crippen molar-refractivity contribution in [2.45, 2.75) is 52.4 Å². The maximum atomic E-state index is 2.39. The molecule has 1 aliphatic rings. The SMILES string of the molecule is CC=CCCC1CCC(C=CC)CC1. The molecule has 0 bridgehead atoms. The zero-order valence-electron chi connectivity index (χ0n) is 9.71. The third-order valence-electron chi connectivity index (χ3n) is 3.33. The zero-order valence-corrected chi connectivity index (χ0v) is 9.71. The summed E-state index contributed by atoms with van der Waals surface area (Å²) in [6.07, 6.45) is 17.5. The van der Waals surface area contributed by atoms with E-state index in [0.717, 1.165) is 11.8 Å².